The highest BCUT2D eigenvalue weighted by molar-refractivity contribution is 5.83. The fourth-order valence-corrected chi connectivity index (χ4v) is 1.16. The van der Waals surface area contributed by atoms with Crippen LogP contribution in [0.3, 0.4) is 0 Å². The smallest absolute Gasteiger partial charge is 0.326 e. The van der Waals surface area contributed by atoms with Gasteiger partial charge in [0, 0.05) is 0 Å². The lowest BCUT2D eigenvalue weighted by Crippen LogP contribution is -2.32. The Morgan fingerprint density at radius 2 is 2.00 bits per heavy atom. The van der Waals surface area contributed by atoms with Crippen LogP contribution in [0.2, 0.25) is 0 Å². The van der Waals surface area contributed by atoms with Gasteiger partial charge in [-0.1, -0.05) is 0 Å². The van der Waals surface area contributed by atoms with Crippen LogP contribution in [0, 0.1) is 13.8 Å². The molecular formula is C10H13N3O4. The van der Waals surface area contributed by atoms with Crippen molar-refractivity contribution < 1.29 is 19.8 Å². The molecule has 0 radical (unpaired) electrons. The first-order valence-electron chi connectivity index (χ1n) is 4.91. The highest BCUT2D eigenvalue weighted by atomic mass is 16.4. The number of hydrogen-bond donors (Lipinski definition) is 3. The number of aryl methyl sites for hydroxylation is 2. The molecule has 1 aromatic heterocycles. The molecule has 1 unspecified atom stereocenters. The highest BCUT2D eigenvalue weighted by Gasteiger charge is 2.21. The Kier molecular flexibility index (Phi) is 3.97. The van der Waals surface area contributed by atoms with Gasteiger partial charge in [-0.2, -0.15) is 0 Å². The van der Waals surface area contributed by atoms with Crippen molar-refractivity contribution >= 4 is 17.8 Å². The Balaban J connectivity index is 2.82. The van der Waals surface area contributed by atoms with E-state index in [1.807, 2.05) is 0 Å². The second-order valence-electron chi connectivity index (χ2n) is 3.56. The molecule has 1 rings (SSSR count). The standard InChI is InChI=1S/C10H13N3O4/c1-5-6(2)12-8(4-11-5)13-7(10(16)17)3-9(14)15/h4,7H,3H2,1-2H3,(H,12,13)(H,14,15)(H,16,17). The normalized spacial score (nSPS) is 11.9. The summed E-state index contributed by atoms with van der Waals surface area (Å²) in [6, 6.07) is -1.22. The third-order valence-electron chi connectivity index (χ3n) is 2.19. The zero-order valence-corrected chi connectivity index (χ0v) is 9.47. The lowest BCUT2D eigenvalue weighted by molar-refractivity contribution is -0.144. The van der Waals surface area contributed by atoms with E-state index in [0.29, 0.717) is 5.69 Å². The van der Waals surface area contributed by atoms with E-state index in [0.717, 1.165) is 5.69 Å². The summed E-state index contributed by atoms with van der Waals surface area (Å²) in [4.78, 5) is 29.4. The van der Waals surface area contributed by atoms with Crippen molar-refractivity contribution in [2.24, 2.45) is 0 Å². The molecule has 0 amide bonds. The van der Waals surface area contributed by atoms with Crippen LogP contribution in [0.4, 0.5) is 5.82 Å². The fraction of sp³-hybridized carbons (Fsp3) is 0.400. The predicted molar refractivity (Wildman–Crippen MR) is 58.8 cm³/mol. The van der Waals surface area contributed by atoms with Gasteiger partial charge in [0.1, 0.15) is 11.9 Å². The maximum atomic E-state index is 10.8. The summed E-state index contributed by atoms with van der Waals surface area (Å²) in [5.74, 6) is -2.18. The molecular weight excluding hydrogens is 226 g/mol. The molecule has 0 fully saturated rings. The fourth-order valence-electron chi connectivity index (χ4n) is 1.16. The number of aromatic nitrogens is 2. The highest BCUT2D eigenvalue weighted by Crippen LogP contribution is 2.08. The van der Waals surface area contributed by atoms with Gasteiger partial charge in [-0.05, 0) is 13.8 Å². The number of rotatable bonds is 5. The van der Waals surface area contributed by atoms with Crippen molar-refractivity contribution in [3.8, 4) is 0 Å². The van der Waals surface area contributed by atoms with Crippen molar-refractivity contribution in [2.45, 2.75) is 26.3 Å². The van der Waals surface area contributed by atoms with Gasteiger partial charge in [0.25, 0.3) is 0 Å². The lowest BCUT2D eigenvalue weighted by Gasteiger charge is -2.13. The van der Waals surface area contributed by atoms with E-state index in [1.165, 1.54) is 6.20 Å². The minimum atomic E-state index is -1.24. The van der Waals surface area contributed by atoms with E-state index in [9.17, 15) is 9.59 Å². The number of carboxylic acid groups (broad SMARTS) is 2. The van der Waals surface area contributed by atoms with E-state index in [2.05, 4.69) is 15.3 Å². The van der Waals surface area contributed by atoms with E-state index >= 15 is 0 Å². The van der Waals surface area contributed by atoms with Crippen LogP contribution in [0.15, 0.2) is 6.20 Å². The van der Waals surface area contributed by atoms with Crippen LogP contribution in [-0.2, 0) is 9.59 Å². The topological polar surface area (TPSA) is 112 Å². The van der Waals surface area contributed by atoms with Crippen LogP contribution >= 0.6 is 0 Å². The molecule has 1 heterocycles. The quantitative estimate of drug-likeness (QED) is 0.683. The zero-order chi connectivity index (χ0) is 13.0. The van der Waals surface area contributed by atoms with Gasteiger partial charge in [0.05, 0.1) is 24.0 Å². The summed E-state index contributed by atoms with van der Waals surface area (Å²) in [7, 11) is 0. The molecule has 1 aromatic rings. The first-order chi connectivity index (χ1) is 7.90. The van der Waals surface area contributed by atoms with Crippen molar-refractivity contribution in [3.63, 3.8) is 0 Å². The van der Waals surface area contributed by atoms with E-state index in [4.69, 9.17) is 10.2 Å². The Morgan fingerprint density at radius 3 is 2.47 bits per heavy atom. The van der Waals surface area contributed by atoms with Crippen molar-refractivity contribution in [3.05, 3.63) is 17.6 Å². The third-order valence-corrected chi connectivity index (χ3v) is 2.19. The van der Waals surface area contributed by atoms with E-state index < -0.39 is 24.4 Å². The molecule has 1 atom stereocenters. The molecule has 92 valence electrons. The second-order valence-corrected chi connectivity index (χ2v) is 3.56. The molecule has 0 saturated carbocycles. The summed E-state index contributed by atoms with van der Waals surface area (Å²) in [6.07, 6.45) is 0.851. The minimum Gasteiger partial charge on any atom is -0.481 e. The van der Waals surface area contributed by atoms with Gasteiger partial charge in [-0.25, -0.2) is 9.78 Å². The van der Waals surface area contributed by atoms with E-state index in [1.54, 1.807) is 13.8 Å². The Labute approximate surface area is 97.5 Å². The monoisotopic (exact) mass is 239 g/mol. The molecule has 17 heavy (non-hydrogen) atoms. The molecule has 0 aliphatic rings. The molecule has 0 saturated heterocycles. The molecule has 0 aliphatic heterocycles. The van der Waals surface area contributed by atoms with E-state index in [-0.39, 0.29) is 5.82 Å². The maximum absolute atomic E-state index is 10.8. The average molecular weight is 239 g/mol. The number of aliphatic carboxylic acids is 2. The molecule has 3 N–H and O–H groups in total. The number of anilines is 1. The molecule has 0 spiro atoms. The Morgan fingerprint density at radius 1 is 1.35 bits per heavy atom. The molecule has 7 heteroatoms. The van der Waals surface area contributed by atoms with Crippen molar-refractivity contribution in [1.29, 1.82) is 0 Å². The molecule has 0 aliphatic carbocycles. The van der Waals surface area contributed by atoms with Crippen LogP contribution < -0.4 is 5.32 Å². The lowest BCUT2D eigenvalue weighted by atomic mass is 10.2. The Bertz CT molecular complexity index is 447. The number of nitrogens with one attached hydrogen (secondary N) is 1. The largest absolute Gasteiger partial charge is 0.481 e. The maximum Gasteiger partial charge on any atom is 0.326 e. The second kappa shape index (κ2) is 5.24. The van der Waals surface area contributed by atoms with Crippen molar-refractivity contribution in [2.75, 3.05) is 5.32 Å². The summed E-state index contributed by atoms with van der Waals surface area (Å²) in [6.45, 7) is 3.51. The minimum absolute atomic E-state index is 0.252. The van der Waals surface area contributed by atoms with Crippen LogP contribution in [-0.4, -0.2) is 38.2 Å². The summed E-state index contributed by atoms with van der Waals surface area (Å²) in [5.41, 5.74) is 1.40. The van der Waals surface area contributed by atoms with Gasteiger partial charge in [0.2, 0.25) is 0 Å². The third kappa shape index (κ3) is 3.71. The van der Waals surface area contributed by atoms with Crippen LogP contribution in [0.25, 0.3) is 0 Å². The van der Waals surface area contributed by atoms with Gasteiger partial charge in [0.15, 0.2) is 0 Å². The average Bonchev–Trinajstić information content (AvgIpc) is 2.21. The van der Waals surface area contributed by atoms with Gasteiger partial charge >= 0.3 is 11.9 Å². The number of nitrogens with zero attached hydrogens (tertiary/aromatic N) is 2. The summed E-state index contributed by atoms with van der Waals surface area (Å²) in [5, 5.41) is 19.9. The zero-order valence-electron chi connectivity index (χ0n) is 9.47. The van der Waals surface area contributed by atoms with Crippen LogP contribution in [0.5, 0.6) is 0 Å². The SMILES string of the molecule is Cc1ncc(NC(CC(=O)O)C(=O)O)nc1C. The van der Waals surface area contributed by atoms with Gasteiger partial charge in [-0.15, -0.1) is 0 Å². The first kappa shape index (κ1) is 12.9. The molecule has 7 nitrogen and oxygen atoms in total. The van der Waals surface area contributed by atoms with Gasteiger partial charge in [-0.3, -0.25) is 9.78 Å². The first-order valence-corrected chi connectivity index (χ1v) is 4.91. The van der Waals surface area contributed by atoms with Crippen LogP contribution in [0.1, 0.15) is 17.8 Å². The van der Waals surface area contributed by atoms with Gasteiger partial charge < -0.3 is 15.5 Å². The number of carboxylic acids is 2. The molecule has 0 bridgehead atoms. The Hall–Kier alpha value is -2.18. The predicted octanol–water partition coefficient (Wildman–Crippen LogP) is 0.433. The summed E-state index contributed by atoms with van der Waals surface area (Å²) >= 11 is 0. The summed E-state index contributed by atoms with van der Waals surface area (Å²) < 4.78 is 0. The number of hydrogen-bond acceptors (Lipinski definition) is 5. The molecule has 0 aromatic carbocycles. The number of carbonyl (C=O) groups is 2. The van der Waals surface area contributed by atoms with Crippen molar-refractivity contribution in [1.82, 2.24) is 9.97 Å².